The minimum Gasteiger partial charge on any atom is -0.356 e. The van der Waals surface area contributed by atoms with E-state index in [0.717, 1.165) is 20.8 Å². The Morgan fingerprint density at radius 2 is 2.00 bits per heavy atom. The molecule has 3 N–H and O–H groups in total. The van der Waals surface area contributed by atoms with Crippen LogP contribution in [0, 0.1) is 6.92 Å². The summed E-state index contributed by atoms with van der Waals surface area (Å²) in [6, 6.07) is 8.41. The molecule has 0 bridgehead atoms. The zero-order valence-corrected chi connectivity index (χ0v) is 17.7. The molecule has 0 unspecified atom stereocenters. The molecule has 0 aliphatic heterocycles. The van der Waals surface area contributed by atoms with Crippen molar-refractivity contribution >= 4 is 49.2 Å². The van der Waals surface area contributed by atoms with Gasteiger partial charge >= 0.3 is 0 Å². The van der Waals surface area contributed by atoms with E-state index in [2.05, 4.69) is 21.4 Å². The summed E-state index contributed by atoms with van der Waals surface area (Å²) in [5.41, 5.74) is 0.929. The van der Waals surface area contributed by atoms with Crippen LogP contribution >= 0.6 is 23.1 Å². The fourth-order valence-electron chi connectivity index (χ4n) is 2.59. The highest BCUT2D eigenvalue weighted by Crippen LogP contribution is 2.30. The molecule has 2 heterocycles. The van der Waals surface area contributed by atoms with E-state index in [4.69, 9.17) is 5.14 Å². The lowest BCUT2D eigenvalue weighted by atomic mass is 10.1. The summed E-state index contributed by atoms with van der Waals surface area (Å²) in [6.07, 6.45) is 2.57. The molecule has 0 radical (unpaired) electrons. The zero-order valence-electron chi connectivity index (χ0n) is 15.2. The van der Waals surface area contributed by atoms with Crippen LogP contribution in [0.5, 0.6) is 0 Å². The van der Waals surface area contributed by atoms with Crippen molar-refractivity contribution in [3.8, 4) is 0 Å². The topological polar surface area (TPSA) is 115 Å². The van der Waals surface area contributed by atoms with Crippen LogP contribution in [0.2, 0.25) is 0 Å². The molecule has 1 aromatic carbocycles. The Hall–Kier alpha value is -2.01. The number of hydrogen-bond donors (Lipinski definition) is 2. The monoisotopic (exact) mass is 436 g/mol. The van der Waals surface area contributed by atoms with E-state index in [1.807, 2.05) is 6.92 Å². The Bertz CT molecular complexity index is 1080. The fraction of sp³-hybridized carbons (Fsp3) is 0.278. The number of sulfonamides is 1. The second kappa shape index (κ2) is 8.99. The predicted molar refractivity (Wildman–Crippen MR) is 112 cm³/mol. The van der Waals surface area contributed by atoms with E-state index < -0.39 is 10.0 Å². The predicted octanol–water partition coefficient (Wildman–Crippen LogP) is 2.49. The van der Waals surface area contributed by atoms with Gasteiger partial charge in [-0.25, -0.2) is 23.5 Å². The summed E-state index contributed by atoms with van der Waals surface area (Å²) in [5, 5.41) is 9.89. The minimum absolute atomic E-state index is 0.0274. The lowest BCUT2D eigenvalue weighted by Gasteiger charge is -2.06. The molecule has 3 rings (SSSR count). The van der Waals surface area contributed by atoms with Gasteiger partial charge in [0.2, 0.25) is 15.9 Å². The third-order valence-corrected chi connectivity index (χ3v) is 6.87. The van der Waals surface area contributed by atoms with E-state index in [1.54, 1.807) is 41.6 Å². The first-order valence-corrected chi connectivity index (χ1v) is 11.9. The number of nitrogens with one attached hydrogen (secondary N) is 1. The van der Waals surface area contributed by atoms with Crippen LogP contribution in [0.3, 0.4) is 0 Å². The third-order valence-electron chi connectivity index (χ3n) is 3.97. The summed E-state index contributed by atoms with van der Waals surface area (Å²) < 4.78 is 22.5. The molecule has 148 valence electrons. The maximum absolute atomic E-state index is 12.0. The van der Waals surface area contributed by atoms with Gasteiger partial charge in [-0.2, -0.15) is 0 Å². The van der Waals surface area contributed by atoms with Crippen molar-refractivity contribution in [2.24, 2.45) is 5.14 Å². The molecule has 0 aliphatic carbocycles. The maximum atomic E-state index is 12.0. The van der Waals surface area contributed by atoms with E-state index in [1.165, 1.54) is 17.0 Å². The SMILES string of the molecule is Cc1cc2c(SCCC(=O)NCCc3ccc(S(N)(=O)=O)cc3)ncnc2s1. The summed E-state index contributed by atoms with van der Waals surface area (Å²) in [4.78, 5) is 22.8. The van der Waals surface area contributed by atoms with Crippen LogP contribution in [-0.4, -0.2) is 36.6 Å². The van der Waals surface area contributed by atoms with Crippen molar-refractivity contribution in [3.63, 3.8) is 0 Å². The Morgan fingerprint density at radius 1 is 1.25 bits per heavy atom. The van der Waals surface area contributed by atoms with Crippen molar-refractivity contribution in [1.29, 1.82) is 0 Å². The molecule has 10 heteroatoms. The van der Waals surface area contributed by atoms with Crippen LogP contribution in [0.1, 0.15) is 16.9 Å². The van der Waals surface area contributed by atoms with Crippen molar-refractivity contribution in [2.45, 2.75) is 29.7 Å². The zero-order chi connectivity index (χ0) is 20.1. The van der Waals surface area contributed by atoms with Gasteiger partial charge in [0.25, 0.3) is 0 Å². The molecule has 7 nitrogen and oxygen atoms in total. The average molecular weight is 437 g/mol. The number of amides is 1. The number of fused-ring (bicyclic) bond motifs is 1. The van der Waals surface area contributed by atoms with Gasteiger partial charge in [0, 0.05) is 29.0 Å². The van der Waals surface area contributed by atoms with Gasteiger partial charge in [-0.05, 0) is 37.1 Å². The molecule has 0 fully saturated rings. The number of carbonyl (C=O) groups is 1. The number of benzene rings is 1. The number of primary sulfonamides is 1. The first-order valence-electron chi connectivity index (χ1n) is 8.55. The second-order valence-corrected chi connectivity index (χ2v) is 10.0. The first kappa shape index (κ1) is 20.7. The molecule has 0 saturated carbocycles. The lowest BCUT2D eigenvalue weighted by molar-refractivity contribution is -0.120. The molecule has 0 saturated heterocycles. The minimum atomic E-state index is -3.68. The van der Waals surface area contributed by atoms with Crippen molar-refractivity contribution in [1.82, 2.24) is 15.3 Å². The van der Waals surface area contributed by atoms with Gasteiger partial charge in [0.05, 0.1) is 4.90 Å². The summed E-state index contributed by atoms with van der Waals surface area (Å²) in [7, 11) is -3.68. The number of aryl methyl sites for hydroxylation is 1. The highest BCUT2D eigenvalue weighted by Gasteiger charge is 2.09. The maximum Gasteiger partial charge on any atom is 0.238 e. The molecule has 1 amide bonds. The van der Waals surface area contributed by atoms with E-state index in [9.17, 15) is 13.2 Å². The second-order valence-electron chi connectivity index (χ2n) is 6.14. The number of nitrogens with two attached hydrogens (primary N) is 1. The average Bonchev–Trinajstić information content (AvgIpc) is 3.02. The molecule has 0 aliphatic rings. The number of aromatic nitrogens is 2. The van der Waals surface area contributed by atoms with Crippen LogP contribution < -0.4 is 10.5 Å². The number of rotatable bonds is 8. The van der Waals surface area contributed by atoms with Crippen LogP contribution in [0.25, 0.3) is 10.2 Å². The first-order chi connectivity index (χ1) is 13.3. The summed E-state index contributed by atoms with van der Waals surface area (Å²) >= 11 is 3.18. The number of thioether (sulfide) groups is 1. The largest absolute Gasteiger partial charge is 0.356 e. The van der Waals surface area contributed by atoms with Crippen LogP contribution in [-0.2, 0) is 21.2 Å². The highest BCUT2D eigenvalue weighted by atomic mass is 32.2. The quantitative estimate of drug-likeness (QED) is 0.414. The van der Waals surface area contributed by atoms with Crippen molar-refractivity contribution < 1.29 is 13.2 Å². The van der Waals surface area contributed by atoms with Crippen LogP contribution in [0.15, 0.2) is 46.6 Å². The fourth-order valence-corrected chi connectivity index (χ4v) is 4.93. The summed E-state index contributed by atoms with van der Waals surface area (Å²) in [6.45, 7) is 2.52. The number of thiophene rings is 1. The molecule has 28 heavy (non-hydrogen) atoms. The smallest absolute Gasteiger partial charge is 0.238 e. The van der Waals surface area contributed by atoms with E-state index >= 15 is 0 Å². The van der Waals surface area contributed by atoms with Gasteiger partial charge < -0.3 is 5.32 Å². The van der Waals surface area contributed by atoms with Crippen LogP contribution in [0.4, 0.5) is 0 Å². The molecule has 2 aromatic heterocycles. The lowest BCUT2D eigenvalue weighted by Crippen LogP contribution is -2.25. The number of hydrogen-bond acceptors (Lipinski definition) is 7. The Balaban J connectivity index is 1.42. The van der Waals surface area contributed by atoms with Crippen molar-refractivity contribution in [2.75, 3.05) is 12.3 Å². The third kappa shape index (κ3) is 5.51. The molecular weight excluding hydrogens is 416 g/mol. The van der Waals surface area contributed by atoms with Crippen molar-refractivity contribution in [3.05, 3.63) is 47.1 Å². The Kier molecular flexibility index (Phi) is 6.65. The highest BCUT2D eigenvalue weighted by molar-refractivity contribution is 7.99. The van der Waals surface area contributed by atoms with E-state index in [0.29, 0.717) is 25.1 Å². The normalized spacial score (nSPS) is 11.6. The van der Waals surface area contributed by atoms with Gasteiger partial charge in [0.1, 0.15) is 16.2 Å². The molecule has 0 spiro atoms. The van der Waals surface area contributed by atoms with Gasteiger partial charge in [-0.3, -0.25) is 4.79 Å². The van der Waals surface area contributed by atoms with Gasteiger partial charge in [0.15, 0.2) is 0 Å². The molecule has 0 atom stereocenters. The summed E-state index contributed by atoms with van der Waals surface area (Å²) in [5.74, 6) is 0.607. The molecule has 3 aromatic rings. The Labute approximate surface area is 171 Å². The number of carbonyl (C=O) groups excluding carboxylic acids is 1. The number of nitrogens with zero attached hydrogens (tertiary/aromatic N) is 2. The van der Waals surface area contributed by atoms with E-state index in [-0.39, 0.29) is 10.8 Å². The van der Waals surface area contributed by atoms with Gasteiger partial charge in [-0.1, -0.05) is 12.1 Å². The molecular formula is C18H20N4O3S3. The Morgan fingerprint density at radius 3 is 2.71 bits per heavy atom. The standard InChI is InChI=1S/C18H20N4O3S3/c1-12-10-15-17(21-11-22-18(15)27-12)26-9-7-16(23)20-8-6-13-2-4-14(5-3-13)28(19,24)25/h2-5,10-11H,6-9H2,1H3,(H,20,23)(H2,19,24,25). The van der Waals surface area contributed by atoms with Gasteiger partial charge in [-0.15, -0.1) is 23.1 Å².